The Morgan fingerprint density at radius 2 is 1.62 bits per heavy atom. The highest BCUT2D eigenvalue weighted by Crippen LogP contribution is 2.19. The van der Waals surface area contributed by atoms with E-state index in [2.05, 4.69) is 5.32 Å². The fraction of sp³-hybridized carbons (Fsp3) is 0.231. The SMILES string of the molecule is CCNC(=O)[C@@H](Cc1ccccc1)N(Cc1cccc(Cl)c1)C(=O)Cc1ccc(F)cc1. The molecule has 1 atom stereocenters. The number of carbonyl (C=O) groups is 2. The maximum absolute atomic E-state index is 13.4. The van der Waals surface area contributed by atoms with Crippen molar-refractivity contribution < 1.29 is 14.0 Å². The van der Waals surface area contributed by atoms with E-state index in [0.29, 0.717) is 23.6 Å². The standard InChI is InChI=1S/C26H26ClFN2O2/c1-2-29-26(32)24(16-19-7-4-3-5-8-19)30(18-21-9-6-10-22(27)15-21)25(31)17-20-11-13-23(28)14-12-20/h3-15,24H,2,16-18H2,1H3,(H,29,32)/t24-/m1/s1. The molecule has 166 valence electrons. The molecule has 0 fully saturated rings. The Bertz CT molecular complexity index is 1040. The number of rotatable bonds is 9. The van der Waals surface area contributed by atoms with Crippen LogP contribution in [0.5, 0.6) is 0 Å². The molecule has 0 aromatic heterocycles. The minimum Gasteiger partial charge on any atom is -0.355 e. The number of nitrogens with zero attached hydrogens (tertiary/aromatic N) is 1. The van der Waals surface area contributed by atoms with Crippen LogP contribution in [0.1, 0.15) is 23.6 Å². The van der Waals surface area contributed by atoms with Crippen LogP contribution in [-0.2, 0) is 29.0 Å². The molecular formula is C26H26ClFN2O2. The van der Waals surface area contributed by atoms with E-state index in [9.17, 15) is 14.0 Å². The highest BCUT2D eigenvalue weighted by molar-refractivity contribution is 6.30. The third-order valence-corrected chi connectivity index (χ3v) is 5.37. The Hall–Kier alpha value is -3.18. The Labute approximate surface area is 193 Å². The molecule has 0 aliphatic rings. The van der Waals surface area contributed by atoms with Gasteiger partial charge in [0.2, 0.25) is 11.8 Å². The quantitative estimate of drug-likeness (QED) is 0.507. The van der Waals surface area contributed by atoms with E-state index in [4.69, 9.17) is 11.6 Å². The van der Waals surface area contributed by atoms with Gasteiger partial charge in [0.15, 0.2) is 0 Å². The maximum atomic E-state index is 13.4. The summed E-state index contributed by atoms with van der Waals surface area (Å²) >= 11 is 6.16. The molecule has 2 amide bonds. The molecule has 4 nitrogen and oxygen atoms in total. The Kier molecular flexibility index (Phi) is 8.40. The van der Waals surface area contributed by atoms with Crippen LogP contribution in [0.4, 0.5) is 4.39 Å². The number of amides is 2. The molecule has 0 unspecified atom stereocenters. The summed E-state index contributed by atoms with van der Waals surface area (Å²) in [6.07, 6.45) is 0.438. The van der Waals surface area contributed by atoms with Gasteiger partial charge in [-0.3, -0.25) is 9.59 Å². The van der Waals surface area contributed by atoms with Crippen LogP contribution < -0.4 is 5.32 Å². The largest absolute Gasteiger partial charge is 0.355 e. The third kappa shape index (κ3) is 6.66. The second-order valence-electron chi connectivity index (χ2n) is 7.55. The summed E-state index contributed by atoms with van der Waals surface area (Å²) in [7, 11) is 0. The van der Waals surface area contributed by atoms with Gasteiger partial charge in [-0.15, -0.1) is 0 Å². The molecule has 3 rings (SSSR count). The lowest BCUT2D eigenvalue weighted by molar-refractivity contribution is -0.140. The first kappa shape index (κ1) is 23.5. The highest BCUT2D eigenvalue weighted by atomic mass is 35.5. The van der Waals surface area contributed by atoms with E-state index in [0.717, 1.165) is 11.1 Å². The third-order valence-electron chi connectivity index (χ3n) is 5.13. The first-order valence-corrected chi connectivity index (χ1v) is 10.9. The van der Waals surface area contributed by atoms with Crippen molar-refractivity contribution in [3.63, 3.8) is 0 Å². The molecule has 0 heterocycles. The summed E-state index contributed by atoms with van der Waals surface area (Å²) in [6.45, 7) is 2.54. The van der Waals surface area contributed by atoms with Gasteiger partial charge in [0.1, 0.15) is 11.9 Å². The van der Waals surface area contributed by atoms with Gasteiger partial charge in [-0.2, -0.15) is 0 Å². The summed E-state index contributed by atoms with van der Waals surface area (Å²) < 4.78 is 13.3. The zero-order valence-electron chi connectivity index (χ0n) is 17.9. The normalized spacial score (nSPS) is 11.6. The Morgan fingerprint density at radius 3 is 2.28 bits per heavy atom. The van der Waals surface area contributed by atoms with Gasteiger partial charge in [0.25, 0.3) is 0 Å². The van der Waals surface area contributed by atoms with Crippen LogP contribution in [0, 0.1) is 5.82 Å². The van der Waals surface area contributed by atoms with Crippen molar-refractivity contribution in [3.8, 4) is 0 Å². The molecule has 1 N–H and O–H groups in total. The van der Waals surface area contributed by atoms with Crippen molar-refractivity contribution >= 4 is 23.4 Å². The van der Waals surface area contributed by atoms with Gasteiger partial charge in [-0.1, -0.05) is 66.2 Å². The van der Waals surface area contributed by atoms with E-state index in [1.165, 1.54) is 12.1 Å². The summed E-state index contributed by atoms with van der Waals surface area (Å²) in [5.41, 5.74) is 2.46. The van der Waals surface area contributed by atoms with Crippen molar-refractivity contribution in [3.05, 3.63) is 106 Å². The van der Waals surface area contributed by atoms with Crippen LogP contribution >= 0.6 is 11.6 Å². The van der Waals surface area contributed by atoms with E-state index < -0.39 is 6.04 Å². The average Bonchev–Trinajstić information content (AvgIpc) is 2.78. The minimum absolute atomic E-state index is 0.0611. The van der Waals surface area contributed by atoms with Gasteiger partial charge < -0.3 is 10.2 Å². The van der Waals surface area contributed by atoms with Crippen molar-refractivity contribution in [2.24, 2.45) is 0 Å². The monoisotopic (exact) mass is 452 g/mol. The number of nitrogens with one attached hydrogen (secondary N) is 1. The lowest BCUT2D eigenvalue weighted by Gasteiger charge is -2.31. The smallest absolute Gasteiger partial charge is 0.243 e. The lowest BCUT2D eigenvalue weighted by Crippen LogP contribution is -2.50. The molecule has 0 bridgehead atoms. The molecule has 32 heavy (non-hydrogen) atoms. The van der Waals surface area contributed by atoms with Crippen LogP contribution in [0.2, 0.25) is 5.02 Å². The average molecular weight is 453 g/mol. The lowest BCUT2D eigenvalue weighted by atomic mass is 10.0. The predicted octanol–water partition coefficient (Wildman–Crippen LogP) is 4.80. The van der Waals surface area contributed by atoms with E-state index in [1.807, 2.05) is 49.4 Å². The van der Waals surface area contributed by atoms with E-state index in [-0.39, 0.29) is 30.6 Å². The molecule has 0 aliphatic heterocycles. The summed E-state index contributed by atoms with van der Waals surface area (Å²) in [6, 6.07) is 22.0. The number of hydrogen-bond donors (Lipinski definition) is 1. The van der Waals surface area contributed by atoms with Crippen molar-refractivity contribution in [2.45, 2.75) is 32.4 Å². The molecule has 0 aliphatic carbocycles. The first-order valence-electron chi connectivity index (χ1n) is 10.6. The van der Waals surface area contributed by atoms with Gasteiger partial charge in [0.05, 0.1) is 6.42 Å². The molecule has 6 heteroatoms. The predicted molar refractivity (Wildman–Crippen MR) is 125 cm³/mol. The molecule has 3 aromatic carbocycles. The van der Waals surface area contributed by atoms with Gasteiger partial charge in [-0.05, 0) is 47.9 Å². The van der Waals surface area contributed by atoms with Crippen LogP contribution in [0.15, 0.2) is 78.9 Å². The van der Waals surface area contributed by atoms with Crippen LogP contribution in [0.3, 0.4) is 0 Å². The van der Waals surface area contributed by atoms with Crippen molar-refractivity contribution in [2.75, 3.05) is 6.54 Å². The number of halogens is 2. The second kappa shape index (κ2) is 11.4. The highest BCUT2D eigenvalue weighted by Gasteiger charge is 2.30. The molecule has 0 saturated carbocycles. The maximum Gasteiger partial charge on any atom is 0.243 e. The van der Waals surface area contributed by atoms with Crippen LogP contribution in [-0.4, -0.2) is 29.3 Å². The molecule has 0 spiro atoms. The Balaban J connectivity index is 1.94. The van der Waals surface area contributed by atoms with E-state index in [1.54, 1.807) is 29.2 Å². The first-order chi connectivity index (χ1) is 15.5. The summed E-state index contributed by atoms with van der Waals surface area (Å²) in [5.74, 6) is -0.795. The summed E-state index contributed by atoms with van der Waals surface area (Å²) in [4.78, 5) is 28.1. The minimum atomic E-state index is -0.704. The zero-order chi connectivity index (χ0) is 22.9. The van der Waals surface area contributed by atoms with Gasteiger partial charge in [-0.25, -0.2) is 4.39 Å². The fourth-order valence-electron chi connectivity index (χ4n) is 3.56. The number of carbonyl (C=O) groups excluding carboxylic acids is 2. The topological polar surface area (TPSA) is 49.4 Å². The van der Waals surface area contributed by atoms with Gasteiger partial charge >= 0.3 is 0 Å². The molecule has 3 aromatic rings. The zero-order valence-corrected chi connectivity index (χ0v) is 18.7. The van der Waals surface area contributed by atoms with Gasteiger partial charge in [0, 0.05) is 24.5 Å². The van der Waals surface area contributed by atoms with Crippen molar-refractivity contribution in [1.29, 1.82) is 0 Å². The molecule has 0 saturated heterocycles. The van der Waals surface area contributed by atoms with E-state index >= 15 is 0 Å². The van der Waals surface area contributed by atoms with Crippen LogP contribution in [0.25, 0.3) is 0 Å². The second-order valence-corrected chi connectivity index (χ2v) is 7.99. The number of hydrogen-bond acceptors (Lipinski definition) is 2. The number of benzene rings is 3. The van der Waals surface area contributed by atoms with Crippen molar-refractivity contribution in [1.82, 2.24) is 10.2 Å². The Morgan fingerprint density at radius 1 is 0.938 bits per heavy atom. The summed E-state index contributed by atoms with van der Waals surface area (Å²) in [5, 5.41) is 3.42. The molecule has 0 radical (unpaired) electrons. The fourth-order valence-corrected chi connectivity index (χ4v) is 3.77. The number of likely N-dealkylation sites (N-methyl/N-ethyl adjacent to an activating group) is 1. The molecular weight excluding hydrogens is 427 g/mol.